The molecule has 1 aromatic rings. The summed E-state index contributed by atoms with van der Waals surface area (Å²) in [6.07, 6.45) is 3.51. The van der Waals surface area contributed by atoms with E-state index in [9.17, 15) is 0 Å². The van der Waals surface area contributed by atoms with Crippen LogP contribution in [-0.2, 0) is 0 Å². The van der Waals surface area contributed by atoms with Crippen molar-refractivity contribution in [1.29, 1.82) is 0 Å². The summed E-state index contributed by atoms with van der Waals surface area (Å²) < 4.78 is 5.31. The summed E-state index contributed by atoms with van der Waals surface area (Å²) >= 11 is 2.02. The summed E-state index contributed by atoms with van der Waals surface area (Å²) in [7, 11) is 0. The lowest BCUT2D eigenvalue weighted by atomic mass is 10.2. The molecule has 0 bridgehead atoms. The third-order valence-corrected chi connectivity index (χ3v) is 4.37. The Morgan fingerprint density at radius 1 is 1.25 bits per heavy atom. The molecule has 2 atom stereocenters. The molecule has 2 rings (SSSR count). The normalized spacial score (nSPS) is 21.8. The second kappa shape index (κ2) is 7.49. The number of anilines is 2. The molecule has 0 aliphatic heterocycles. The topological polar surface area (TPSA) is 98.0 Å². The van der Waals surface area contributed by atoms with Gasteiger partial charge in [-0.2, -0.15) is 26.7 Å². The zero-order valence-corrected chi connectivity index (χ0v) is 12.7. The third kappa shape index (κ3) is 4.11. The number of nitrogens with zero attached hydrogens (tertiary/aromatic N) is 3. The highest BCUT2D eigenvalue weighted by molar-refractivity contribution is 7.99. The molecule has 0 aromatic carbocycles. The fourth-order valence-corrected chi connectivity index (χ4v) is 3.46. The molecule has 1 saturated carbocycles. The molecule has 8 heteroatoms. The fourth-order valence-electron chi connectivity index (χ4n) is 2.32. The summed E-state index contributed by atoms with van der Waals surface area (Å²) in [5, 5.41) is 4.09. The SMILES string of the molecule is CCOc1nc(NN)nc(NC2CCC(SCC)C2)n1. The van der Waals surface area contributed by atoms with Gasteiger partial charge in [-0.15, -0.1) is 0 Å². The van der Waals surface area contributed by atoms with Gasteiger partial charge in [0.05, 0.1) is 6.61 Å². The molecule has 1 aliphatic rings. The van der Waals surface area contributed by atoms with Crippen molar-refractivity contribution in [3.05, 3.63) is 0 Å². The molecule has 1 heterocycles. The molecule has 0 radical (unpaired) electrons. The van der Waals surface area contributed by atoms with Gasteiger partial charge >= 0.3 is 6.01 Å². The Labute approximate surface area is 123 Å². The smallest absolute Gasteiger partial charge is 0.323 e. The van der Waals surface area contributed by atoms with E-state index in [-0.39, 0.29) is 6.01 Å². The quantitative estimate of drug-likeness (QED) is 0.516. The average molecular weight is 298 g/mol. The molecular weight excluding hydrogens is 276 g/mol. The molecule has 0 spiro atoms. The minimum Gasteiger partial charge on any atom is -0.464 e. The third-order valence-electron chi connectivity index (χ3n) is 3.14. The van der Waals surface area contributed by atoms with Gasteiger partial charge in [0, 0.05) is 11.3 Å². The Kier molecular flexibility index (Phi) is 5.66. The molecule has 0 amide bonds. The standard InChI is InChI=1S/C12H22N6OS/c1-3-19-12-16-10(15-11(17-12)18-13)14-8-5-6-9(7-8)20-4-2/h8-9H,3-7,13H2,1-2H3,(H2,14,15,16,17,18). The van der Waals surface area contributed by atoms with E-state index in [0.717, 1.165) is 18.1 Å². The molecular formula is C12H22N6OS. The highest BCUT2D eigenvalue weighted by Gasteiger charge is 2.25. The summed E-state index contributed by atoms with van der Waals surface area (Å²) in [6, 6.07) is 0.692. The van der Waals surface area contributed by atoms with Crippen LogP contribution in [0.25, 0.3) is 0 Å². The van der Waals surface area contributed by atoms with Crippen LogP contribution in [0.1, 0.15) is 33.1 Å². The molecule has 112 valence electrons. The average Bonchev–Trinajstić information content (AvgIpc) is 2.86. The number of ether oxygens (including phenoxy) is 1. The lowest BCUT2D eigenvalue weighted by Crippen LogP contribution is -2.20. The number of rotatable bonds is 7. The number of nitrogens with one attached hydrogen (secondary N) is 2. The van der Waals surface area contributed by atoms with Crippen LogP contribution in [-0.4, -0.2) is 38.6 Å². The molecule has 20 heavy (non-hydrogen) atoms. The summed E-state index contributed by atoms with van der Waals surface area (Å²) in [4.78, 5) is 12.5. The van der Waals surface area contributed by atoms with Crippen LogP contribution in [0.3, 0.4) is 0 Å². The Bertz CT molecular complexity index is 432. The van der Waals surface area contributed by atoms with Gasteiger partial charge in [-0.1, -0.05) is 6.92 Å². The Morgan fingerprint density at radius 3 is 2.75 bits per heavy atom. The van der Waals surface area contributed by atoms with Crippen molar-refractivity contribution in [2.75, 3.05) is 23.1 Å². The van der Waals surface area contributed by atoms with E-state index in [1.165, 1.54) is 12.2 Å². The van der Waals surface area contributed by atoms with Crippen LogP contribution in [0.5, 0.6) is 6.01 Å². The van der Waals surface area contributed by atoms with E-state index in [0.29, 0.717) is 24.5 Å². The van der Waals surface area contributed by atoms with Crippen molar-refractivity contribution in [3.8, 4) is 6.01 Å². The number of hydrogen-bond donors (Lipinski definition) is 3. The molecule has 4 N–H and O–H groups in total. The van der Waals surface area contributed by atoms with Gasteiger partial charge in [0.25, 0.3) is 0 Å². The Morgan fingerprint density at radius 2 is 2.05 bits per heavy atom. The summed E-state index contributed by atoms with van der Waals surface area (Å²) in [6.45, 7) is 4.59. The first-order chi connectivity index (χ1) is 9.75. The van der Waals surface area contributed by atoms with Crippen molar-refractivity contribution in [1.82, 2.24) is 15.0 Å². The Balaban J connectivity index is 1.99. The van der Waals surface area contributed by atoms with Gasteiger partial charge in [0.15, 0.2) is 0 Å². The number of nitrogen functional groups attached to an aromatic ring is 1. The molecule has 0 saturated heterocycles. The number of hydrazine groups is 1. The van der Waals surface area contributed by atoms with Crippen molar-refractivity contribution < 1.29 is 4.74 Å². The number of thioether (sulfide) groups is 1. The number of hydrogen-bond acceptors (Lipinski definition) is 8. The predicted octanol–water partition coefficient (Wildman–Crippen LogP) is 1.64. The van der Waals surface area contributed by atoms with Gasteiger partial charge in [-0.05, 0) is 31.9 Å². The van der Waals surface area contributed by atoms with Crippen molar-refractivity contribution in [2.45, 2.75) is 44.4 Å². The largest absolute Gasteiger partial charge is 0.464 e. The van der Waals surface area contributed by atoms with E-state index in [2.05, 4.69) is 32.6 Å². The van der Waals surface area contributed by atoms with E-state index >= 15 is 0 Å². The van der Waals surface area contributed by atoms with Crippen LogP contribution in [0, 0.1) is 0 Å². The van der Waals surface area contributed by atoms with Crippen LogP contribution in [0.15, 0.2) is 0 Å². The molecule has 7 nitrogen and oxygen atoms in total. The number of aromatic nitrogens is 3. The zero-order valence-electron chi connectivity index (χ0n) is 11.9. The van der Waals surface area contributed by atoms with Crippen molar-refractivity contribution in [3.63, 3.8) is 0 Å². The first-order valence-electron chi connectivity index (χ1n) is 6.98. The Hall–Kier alpha value is -1.28. The molecule has 1 aliphatic carbocycles. The fraction of sp³-hybridized carbons (Fsp3) is 0.750. The second-order valence-electron chi connectivity index (χ2n) is 4.57. The van der Waals surface area contributed by atoms with E-state index in [4.69, 9.17) is 10.6 Å². The second-order valence-corrected chi connectivity index (χ2v) is 6.15. The number of nitrogens with two attached hydrogens (primary N) is 1. The first-order valence-corrected chi connectivity index (χ1v) is 8.03. The van der Waals surface area contributed by atoms with Crippen molar-refractivity contribution in [2.24, 2.45) is 5.84 Å². The van der Waals surface area contributed by atoms with Gasteiger partial charge < -0.3 is 10.1 Å². The molecule has 1 aromatic heterocycles. The van der Waals surface area contributed by atoms with Gasteiger partial charge in [-0.25, -0.2) is 5.84 Å². The van der Waals surface area contributed by atoms with E-state index in [1.807, 2.05) is 18.7 Å². The first kappa shape index (κ1) is 15.1. The lowest BCUT2D eigenvalue weighted by Gasteiger charge is -2.14. The maximum atomic E-state index is 5.36. The van der Waals surface area contributed by atoms with Crippen LogP contribution in [0.2, 0.25) is 0 Å². The minimum atomic E-state index is 0.287. The maximum Gasteiger partial charge on any atom is 0.323 e. The van der Waals surface area contributed by atoms with Gasteiger partial charge in [-0.3, -0.25) is 5.43 Å². The minimum absolute atomic E-state index is 0.287. The summed E-state index contributed by atoms with van der Waals surface area (Å²) in [5.74, 6) is 7.36. The zero-order chi connectivity index (χ0) is 14.4. The highest BCUT2D eigenvalue weighted by Crippen LogP contribution is 2.31. The molecule has 1 fully saturated rings. The van der Waals surface area contributed by atoms with Crippen LogP contribution >= 0.6 is 11.8 Å². The molecule has 2 unspecified atom stereocenters. The van der Waals surface area contributed by atoms with Crippen LogP contribution < -0.4 is 21.3 Å². The van der Waals surface area contributed by atoms with Crippen LogP contribution in [0.4, 0.5) is 11.9 Å². The van der Waals surface area contributed by atoms with E-state index < -0.39 is 0 Å². The predicted molar refractivity (Wildman–Crippen MR) is 82.0 cm³/mol. The summed E-state index contributed by atoms with van der Waals surface area (Å²) in [5.41, 5.74) is 2.43. The van der Waals surface area contributed by atoms with Gasteiger partial charge in [0.1, 0.15) is 0 Å². The van der Waals surface area contributed by atoms with E-state index in [1.54, 1.807) is 0 Å². The lowest BCUT2D eigenvalue weighted by molar-refractivity contribution is 0.312. The maximum absolute atomic E-state index is 5.36. The monoisotopic (exact) mass is 298 g/mol. The highest BCUT2D eigenvalue weighted by atomic mass is 32.2. The van der Waals surface area contributed by atoms with Gasteiger partial charge in [0.2, 0.25) is 11.9 Å². The van der Waals surface area contributed by atoms with Crippen molar-refractivity contribution >= 4 is 23.7 Å².